The minimum atomic E-state index is -3.25. The molecule has 2 aliphatic rings. The summed E-state index contributed by atoms with van der Waals surface area (Å²) < 4.78 is 24.1. The van der Waals surface area contributed by atoms with Gasteiger partial charge in [-0.25, -0.2) is 28.2 Å². The number of aromatic nitrogens is 3. The van der Waals surface area contributed by atoms with Gasteiger partial charge in [0, 0.05) is 30.3 Å². The summed E-state index contributed by atoms with van der Waals surface area (Å²) in [4.78, 5) is 29.4. The van der Waals surface area contributed by atoms with Crippen LogP contribution in [0, 0.1) is 0 Å². The van der Waals surface area contributed by atoms with Gasteiger partial charge in [0.05, 0.1) is 33.4 Å². The van der Waals surface area contributed by atoms with Gasteiger partial charge in [-0.3, -0.25) is 4.90 Å². The molecule has 1 spiro atoms. The van der Waals surface area contributed by atoms with Gasteiger partial charge in [0.25, 0.3) is 0 Å². The Balaban J connectivity index is 1.40. The van der Waals surface area contributed by atoms with Crippen LogP contribution in [0.2, 0.25) is 0 Å². The van der Waals surface area contributed by atoms with Crippen LogP contribution in [0.15, 0.2) is 53.8 Å². The third-order valence-corrected chi connectivity index (χ3v) is 9.36. The fourth-order valence-corrected chi connectivity index (χ4v) is 6.44. The molecule has 0 atom stereocenters. The molecule has 1 aromatic carbocycles. The first-order valence-electron chi connectivity index (χ1n) is 12.9. The summed E-state index contributed by atoms with van der Waals surface area (Å²) in [7, 11) is -3.25. The van der Waals surface area contributed by atoms with Crippen LogP contribution >= 0.6 is 0 Å². The van der Waals surface area contributed by atoms with Crippen molar-refractivity contribution in [3.63, 3.8) is 0 Å². The number of rotatable bonds is 6. The number of hydrogen-bond donors (Lipinski definition) is 1. The van der Waals surface area contributed by atoms with E-state index in [0.717, 1.165) is 59.6 Å². The van der Waals surface area contributed by atoms with E-state index < -0.39 is 9.84 Å². The Labute approximate surface area is 218 Å². The first-order valence-corrected chi connectivity index (χ1v) is 14.6. The molecule has 0 bridgehead atoms. The summed E-state index contributed by atoms with van der Waals surface area (Å²) in [5.74, 6) is 0.303. The number of carbonyl (C=O) groups excluding carboxylic acids is 1. The Morgan fingerprint density at radius 3 is 2.51 bits per heavy atom. The van der Waals surface area contributed by atoms with E-state index in [1.54, 1.807) is 37.5 Å². The lowest BCUT2D eigenvalue weighted by molar-refractivity contribution is 0.245. The summed E-state index contributed by atoms with van der Waals surface area (Å²) in [6.45, 7) is 6.78. The van der Waals surface area contributed by atoms with Crippen molar-refractivity contribution in [3.05, 3.63) is 65.9 Å². The van der Waals surface area contributed by atoms with Gasteiger partial charge in [-0.1, -0.05) is 45.7 Å². The van der Waals surface area contributed by atoms with Gasteiger partial charge in [0.1, 0.15) is 6.33 Å². The topological polar surface area (TPSA) is 105 Å². The van der Waals surface area contributed by atoms with E-state index in [2.05, 4.69) is 29.1 Å². The molecule has 194 valence electrons. The Morgan fingerprint density at radius 2 is 1.84 bits per heavy atom. The zero-order valence-electron chi connectivity index (χ0n) is 21.6. The highest BCUT2D eigenvalue weighted by Gasteiger charge is 2.47. The van der Waals surface area contributed by atoms with Crippen molar-refractivity contribution >= 4 is 21.6 Å². The monoisotopic (exact) mass is 519 g/mol. The molecule has 1 aliphatic heterocycles. The number of hydrogen-bond acceptors (Lipinski definition) is 6. The molecule has 1 N–H and O–H groups in total. The zero-order chi connectivity index (χ0) is 26.2. The number of nitrogens with one attached hydrogen (secondary N) is 1. The molecule has 1 aliphatic carbocycles. The molecule has 0 radical (unpaired) electrons. The first kappa shape index (κ1) is 25.3. The Hall–Kier alpha value is -3.33. The number of urea groups is 1. The highest BCUT2D eigenvalue weighted by molar-refractivity contribution is 7.91. The third-order valence-electron chi connectivity index (χ3n) is 7.61. The van der Waals surface area contributed by atoms with Crippen LogP contribution in [-0.2, 0) is 21.8 Å². The number of carbonyl (C=O) groups is 1. The highest BCUT2D eigenvalue weighted by atomic mass is 32.2. The number of pyridine rings is 1. The second-order valence-electron chi connectivity index (χ2n) is 10.3. The number of amides is 2. The fraction of sp³-hybridized carbons (Fsp3) is 0.429. The Morgan fingerprint density at radius 1 is 1.11 bits per heavy atom. The lowest BCUT2D eigenvalue weighted by Crippen LogP contribution is -2.41. The van der Waals surface area contributed by atoms with Gasteiger partial charge >= 0.3 is 6.03 Å². The molecule has 0 saturated heterocycles. The van der Waals surface area contributed by atoms with Crippen LogP contribution < -0.4 is 10.2 Å². The van der Waals surface area contributed by atoms with Crippen molar-refractivity contribution in [1.82, 2.24) is 20.3 Å². The number of fused-ring (bicyclic) bond motifs is 2. The first-order chi connectivity index (χ1) is 17.7. The predicted molar refractivity (Wildman–Crippen MR) is 143 cm³/mol. The third kappa shape index (κ3) is 4.72. The summed E-state index contributed by atoms with van der Waals surface area (Å²) in [5.41, 5.74) is 5.31. The second kappa shape index (κ2) is 9.85. The van der Waals surface area contributed by atoms with Crippen LogP contribution in [0.1, 0.15) is 69.3 Å². The van der Waals surface area contributed by atoms with Crippen molar-refractivity contribution in [2.75, 3.05) is 17.2 Å². The van der Waals surface area contributed by atoms with Crippen LogP contribution in [-0.4, -0.2) is 41.7 Å². The highest BCUT2D eigenvalue weighted by Crippen LogP contribution is 2.50. The Kier molecular flexibility index (Phi) is 6.74. The van der Waals surface area contributed by atoms with Crippen molar-refractivity contribution in [1.29, 1.82) is 0 Å². The number of nitrogens with zero attached hydrogens (tertiary/aromatic N) is 4. The predicted octanol–water partition coefficient (Wildman–Crippen LogP) is 5.00. The molecule has 5 rings (SSSR count). The maximum absolute atomic E-state index is 13.4. The van der Waals surface area contributed by atoms with Gasteiger partial charge in [-0.2, -0.15) is 0 Å². The molecule has 1 fully saturated rings. The summed E-state index contributed by atoms with van der Waals surface area (Å²) in [6, 6.07) is 10.5. The molecule has 8 nitrogen and oxygen atoms in total. The van der Waals surface area contributed by atoms with Crippen LogP contribution in [0.3, 0.4) is 0 Å². The summed E-state index contributed by atoms with van der Waals surface area (Å²) >= 11 is 0. The molecule has 37 heavy (non-hydrogen) atoms. The summed E-state index contributed by atoms with van der Waals surface area (Å²) in [6.07, 6.45) is 7.67. The van der Waals surface area contributed by atoms with Gasteiger partial charge in [0.15, 0.2) is 9.84 Å². The van der Waals surface area contributed by atoms with Crippen molar-refractivity contribution < 1.29 is 13.2 Å². The molecule has 9 heteroatoms. The van der Waals surface area contributed by atoms with E-state index in [-0.39, 0.29) is 23.1 Å². The van der Waals surface area contributed by atoms with Crippen LogP contribution in [0.4, 0.5) is 10.5 Å². The lowest BCUT2D eigenvalue weighted by Gasteiger charge is -2.24. The van der Waals surface area contributed by atoms with E-state index in [4.69, 9.17) is 4.98 Å². The van der Waals surface area contributed by atoms with Crippen LogP contribution in [0.25, 0.3) is 11.3 Å². The minimum Gasteiger partial charge on any atom is -0.334 e. The van der Waals surface area contributed by atoms with E-state index in [9.17, 15) is 13.2 Å². The van der Waals surface area contributed by atoms with Gasteiger partial charge in [0.2, 0.25) is 0 Å². The minimum absolute atomic E-state index is 0.0605. The molecular weight excluding hydrogens is 486 g/mol. The fourth-order valence-electron chi connectivity index (χ4n) is 5.55. The van der Waals surface area contributed by atoms with E-state index in [0.29, 0.717) is 18.0 Å². The van der Waals surface area contributed by atoms with Gasteiger partial charge in [-0.05, 0) is 48.6 Å². The quantitative estimate of drug-likeness (QED) is 0.492. The SMILES string of the molecule is CCS(=O)(=O)c1ccc(CNC(=O)N2CC3(CCCC3)c3nc(-c4cncnc4C(C)C)ccc32)cc1. The van der Waals surface area contributed by atoms with E-state index in [1.165, 1.54) is 0 Å². The van der Waals surface area contributed by atoms with Gasteiger partial charge < -0.3 is 5.32 Å². The van der Waals surface area contributed by atoms with Crippen molar-refractivity contribution in [3.8, 4) is 11.3 Å². The second-order valence-corrected chi connectivity index (χ2v) is 12.6. The Bertz CT molecular complexity index is 1410. The van der Waals surface area contributed by atoms with Crippen molar-refractivity contribution in [2.45, 2.75) is 69.2 Å². The van der Waals surface area contributed by atoms with Gasteiger partial charge in [-0.15, -0.1) is 0 Å². The number of benzene rings is 1. The zero-order valence-corrected chi connectivity index (χ0v) is 22.4. The summed E-state index contributed by atoms with van der Waals surface area (Å²) in [5, 5.41) is 3.02. The molecule has 2 amide bonds. The molecule has 0 unspecified atom stereocenters. The molecule has 3 aromatic rings. The van der Waals surface area contributed by atoms with E-state index >= 15 is 0 Å². The maximum atomic E-state index is 13.4. The number of anilines is 1. The molecular formula is C28H33N5O3S. The largest absolute Gasteiger partial charge is 0.334 e. The standard InChI is InChI=1S/C28H33N5O3S/c1-4-37(35,36)21-9-7-20(8-10-21)15-30-27(34)33-17-28(13-5-6-14-28)26-24(33)12-11-23(32-26)22-16-29-18-31-25(22)19(2)3/h7-12,16,18-19H,4-6,13-15,17H2,1-3H3,(H,30,34). The molecule has 1 saturated carbocycles. The molecule has 3 heterocycles. The normalized spacial score (nSPS) is 16.4. The number of sulfone groups is 1. The average molecular weight is 520 g/mol. The maximum Gasteiger partial charge on any atom is 0.322 e. The van der Waals surface area contributed by atoms with Crippen molar-refractivity contribution in [2.24, 2.45) is 0 Å². The smallest absolute Gasteiger partial charge is 0.322 e. The molecule has 2 aromatic heterocycles. The van der Waals surface area contributed by atoms with E-state index in [1.807, 2.05) is 23.2 Å². The van der Waals surface area contributed by atoms with Crippen LogP contribution in [0.5, 0.6) is 0 Å². The lowest BCUT2D eigenvalue weighted by atomic mass is 9.84. The average Bonchev–Trinajstić information content (AvgIpc) is 3.52.